The lowest BCUT2D eigenvalue weighted by atomic mass is 10.1. The van der Waals surface area contributed by atoms with Gasteiger partial charge in [-0.25, -0.2) is 14.0 Å². The van der Waals surface area contributed by atoms with Gasteiger partial charge in [0.1, 0.15) is 25.1 Å². The number of carboxylic acids is 1. The molecular weight excluding hydrogens is 497 g/mol. The minimum atomic E-state index is -1.35. The van der Waals surface area contributed by atoms with Crippen molar-refractivity contribution < 1.29 is 28.6 Å². The highest BCUT2D eigenvalue weighted by Crippen LogP contribution is 2.29. The number of alkyl halides is 1. The molecule has 202 valence electrons. The van der Waals surface area contributed by atoms with Crippen molar-refractivity contribution in [2.45, 2.75) is 37.7 Å². The summed E-state index contributed by atoms with van der Waals surface area (Å²) in [5.74, 6) is -1.22. The Morgan fingerprint density at radius 2 is 1.97 bits per heavy atom. The molecule has 2 fully saturated rings. The number of carboxylic acid groups (broad SMARTS) is 1. The third-order valence-electron chi connectivity index (χ3n) is 6.70. The number of likely N-dealkylation sites (N-methyl/N-ethyl adjacent to an activating group) is 1. The number of amides is 1. The second-order valence-corrected chi connectivity index (χ2v) is 9.33. The summed E-state index contributed by atoms with van der Waals surface area (Å²) in [6.45, 7) is 1.10. The van der Waals surface area contributed by atoms with Gasteiger partial charge in [-0.2, -0.15) is 15.2 Å². The maximum absolute atomic E-state index is 13.7. The highest BCUT2D eigenvalue weighted by Gasteiger charge is 2.34. The number of halogens is 1. The fourth-order valence-electron chi connectivity index (χ4n) is 4.65. The maximum Gasteiger partial charge on any atom is 0.410 e. The van der Waals surface area contributed by atoms with Crippen molar-refractivity contribution >= 4 is 23.6 Å². The number of hydrogen-bond acceptors (Lipinski definition) is 10. The topological polar surface area (TPSA) is 158 Å². The molecule has 0 saturated carbocycles. The van der Waals surface area contributed by atoms with Crippen LogP contribution in [0.5, 0.6) is 6.01 Å². The molecule has 1 amide bonds. The zero-order valence-electron chi connectivity index (χ0n) is 21.0. The lowest BCUT2D eigenvalue weighted by Gasteiger charge is -2.40. The van der Waals surface area contributed by atoms with E-state index < -0.39 is 30.0 Å². The first kappa shape index (κ1) is 26.9. The number of rotatable bonds is 8. The van der Waals surface area contributed by atoms with E-state index in [0.29, 0.717) is 13.0 Å². The number of likely N-dealkylation sites (tertiary alicyclic amines) is 1. The van der Waals surface area contributed by atoms with Gasteiger partial charge in [0.05, 0.1) is 18.5 Å². The number of nitrogen functional groups attached to an aromatic ring is 1. The predicted octanol–water partition coefficient (Wildman–Crippen LogP) is 1.92. The van der Waals surface area contributed by atoms with E-state index in [0.717, 1.165) is 5.56 Å². The average Bonchev–Trinajstić information content (AvgIpc) is 3.23. The summed E-state index contributed by atoms with van der Waals surface area (Å²) in [6.07, 6.45) is -1.19. The normalized spacial score (nSPS) is 21.7. The van der Waals surface area contributed by atoms with Crippen LogP contribution in [0, 0.1) is 11.3 Å². The Bertz CT molecular complexity index is 1190. The maximum atomic E-state index is 13.7. The molecule has 0 bridgehead atoms. The van der Waals surface area contributed by atoms with Crippen molar-refractivity contribution in [2.75, 3.05) is 50.5 Å². The van der Waals surface area contributed by atoms with E-state index in [4.69, 9.17) is 15.2 Å². The van der Waals surface area contributed by atoms with Gasteiger partial charge in [0.2, 0.25) is 0 Å². The van der Waals surface area contributed by atoms with Crippen LogP contribution in [0.4, 0.5) is 20.7 Å². The monoisotopic (exact) mass is 527 g/mol. The van der Waals surface area contributed by atoms with Gasteiger partial charge < -0.3 is 30.1 Å². The van der Waals surface area contributed by atoms with E-state index in [1.165, 1.54) is 4.90 Å². The number of nitrogens with two attached hydrogens (primary N) is 1. The van der Waals surface area contributed by atoms with E-state index in [9.17, 15) is 24.3 Å². The molecule has 3 atom stereocenters. The Morgan fingerprint density at radius 3 is 2.63 bits per heavy atom. The first-order valence-corrected chi connectivity index (χ1v) is 12.2. The molecule has 1 aromatic carbocycles. The molecule has 2 aliphatic rings. The molecule has 4 rings (SSSR count). The third-order valence-corrected chi connectivity index (χ3v) is 6.70. The second kappa shape index (κ2) is 11.9. The van der Waals surface area contributed by atoms with Gasteiger partial charge in [-0.15, -0.1) is 0 Å². The Labute approximate surface area is 219 Å². The fourth-order valence-corrected chi connectivity index (χ4v) is 4.65. The molecule has 2 aromatic rings. The zero-order valence-corrected chi connectivity index (χ0v) is 21.0. The molecular formula is C25H30FN7O5. The quantitative estimate of drug-likeness (QED) is 0.516. The lowest BCUT2D eigenvalue weighted by molar-refractivity contribution is 0.0689. The van der Waals surface area contributed by atoms with Crippen molar-refractivity contribution in [3.05, 3.63) is 41.6 Å². The van der Waals surface area contributed by atoms with Gasteiger partial charge in [0.15, 0.2) is 11.5 Å². The number of carbonyl (C=O) groups is 2. The average molecular weight is 528 g/mol. The standard InChI is InChI=1S/C25H30FN7O5/c1-31-12-17(26)11-19(31)15-37-24-29-21(23(34)35)20(28)22(30-24)32-9-10-33(18(13-32)7-8-27)25(36)38-14-16-5-3-2-4-6-16/h2-6,17-19H,7,9-15,28H2,1H3,(H,34,35)/t17-,18?,19+/m1/s1. The molecule has 1 aromatic heterocycles. The number of anilines is 2. The minimum absolute atomic E-state index is 0.0233. The number of aromatic nitrogens is 2. The highest BCUT2D eigenvalue weighted by atomic mass is 19.1. The van der Waals surface area contributed by atoms with Crippen LogP contribution in [-0.4, -0.2) is 95.0 Å². The van der Waals surface area contributed by atoms with Crippen molar-refractivity contribution in [1.29, 1.82) is 5.26 Å². The smallest absolute Gasteiger partial charge is 0.410 e. The Kier molecular flexibility index (Phi) is 8.42. The van der Waals surface area contributed by atoms with E-state index in [2.05, 4.69) is 16.0 Å². The molecule has 2 aliphatic heterocycles. The van der Waals surface area contributed by atoms with Crippen LogP contribution in [-0.2, 0) is 11.3 Å². The van der Waals surface area contributed by atoms with E-state index >= 15 is 0 Å². The molecule has 1 unspecified atom stereocenters. The SMILES string of the molecule is CN1C[C@H](F)C[C@H]1COc1nc(C(=O)O)c(N)c(N2CCN(C(=O)OCc3ccccc3)C(CC#N)C2)n1. The second-order valence-electron chi connectivity index (χ2n) is 9.33. The van der Waals surface area contributed by atoms with Crippen molar-refractivity contribution in [2.24, 2.45) is 0 Å². The highest BCUT2D eigenvalue weighted by molar-refractivity contribution is 5.94. The van der Waals surface area contributed by atoms with Crippen molar-refractivity contribution in [3.63, 3.8) is 0 Å². The third kappa shape index (κ3) is 6.20. The Hall–Kier alpha value is -4.18. The van der Waals surface area contributed by atoms with Crippen LogP contribution >= 0.6 is 0 Å². The van der Waals surface area contributed by atoms with Crippen LogP contribution < -0.4 is 15.4 Å². The van der Waals surface area contributed by atoms with Crippen LogP contribution in [0.2, 0.25) is 0 Å². The number of hydrogen-bond donors (Lipinski definition) is 2. The van der Waals surface area contributed by atoms with Gasteiger partial charge in [0, 0.05) is 32.2 Å². The number of ether oxygens (including phenoxy) is 2. The van der Waals surface area contributed by atoms with E-state index in [1.807, 2.05) is 35.2 Å². The number of nitriles is 1. The molecule has 13 heteroatoms. The van der Waals surface area contributed by atoms with E-state index in [-0.39, 0.29) is 62.8 Å². The molecule has 38 heavy (non-hydrogen) atoms. The Balaban J connectivity index is 1.49. The van der Waals surface area contributed by atoms with Crippen molar-refractivity contribution in [3.8, 4) is 12.1 Å². The number of piperazine rings is 1. The molecule has 0 radical (unpaired) electrons. The summed E-state index contributed by atoms with van der Waals surface area (Å²) in [6, 6.07) is 10.4. The summed E-state index contributed by atoms with van der Waals surface area (Å²) in [5, 5.41) is 19.0. The van der Waals surface area contributed by atoms with E-state index in [1.54, 1.807) is 11.9 Å². The van der Waals surface area contributed by atoms with Gasteiger partial charge in [-0.3, -0.25) is 4.90 Å². The van der Waals surface area contributed by atoms with Crippen LogP contribution in [0.25, 0.3) is 0 Å². The van der Waals surface area contributed by atoms with Gasteiger partial charge in [-0.05, 0) is 19.0 Å². The van der Waals surface area contributed by atoms with Crippen LogP contribution in [0.3, 0.4) is 0 Å². The summed E-state index contributed by atoms with van der Waals surface area (Å²) in [5.41, 5.74) is 6.40. The summed E-state index contributed by atoms with van der Waals surface area (Å²) in [7, 11) is 1.78. The summed E-state index contributed by atoms with van der Waals surface area (Å²) >= 11 is 0. The van der Waals surface area contributed by atoms with Gasteiger partial charge >= 0.3 is 18.1 Å². The van der Waals surface area contributed by atoms with Crippen LogP contribution in [0.15, 0.2) is 30.3 Å². The Morgan fingerprint density at radius 1 is 1.21 bits per heavy atom. The number of aromatic carboxylic acids is 1. The number of benzene rings is 1. The van der Waals surface area contributed by atoms with Crippen molar-refractivity contribution in [1.82, 2.24) is 19.8 Å². The minimum Gasteiger partial charge on any atom is -0.476 e. The molecule has 3 N–H and O–H groups in total. The number of nitrogens with zero attached hydrogens (tertiary/aromatic N) is 6. The lowest BCUT2D eigenvalue weighted by Crippen LogP contribution is -2.55. The molecule has 0 aliphatic carbocycles. The van der Waals surface area contributed by atoms with Gasteiger partial charge in [-0.1, -0.05) is 30.3 Å². The largest absolute Gasteiger partial charge is 0.476 e. The number of carbonyl (C=O) groups excluding carboxylic acids is 1. The first-order chi connectivity index (χ1) is 18.3. The van der Waals surface area contributed by atoms with Gasteiger partial charge in [0.25, 0.3) is 0 Å². The molecule has 2 saturated heterocycles. The predicted molar refractivity (Wildman–Crippen MR) is 134 cm³/mol. The molecule has 12 nitrogen and oxygen atoms in total. The van der Waals surface area contributed by atoms with Crippen LogP contribution in [0.1, 0.15) is 28.9 Å². The summed E-state index contributed by atoms with van der Waals surface area (Å²) < 4.78 is 24.8. The molecule has 3 heterocycles. The fraction of sp³-hybridized carbons (Fsp3) is 0.480. The molecule has 0 spiro atoms. The first-order valence-electron chi connectivity index (χ1n) is 12.2. The summed E-state index contributed by atoms with van der Waals surface area (Å²) in [4.78, 5) is 38.0. The zero-order chi connectivity index (χ0) is 27.2.